The Morgan fingerprint density at radius 1 is 0.966 bits per heavy atom. The molecule has 2 aromatic rings. The maximum absolute atomic E-state index is 5.76. The van der Waals surface area contributed by atoms with Crippen LogP contribution in [0, 0.1) is 0 Å². The monoisotopic (exact) mass is 401 g/mol. The highest BCUT2D eigenvalue weighted by Crippen LogP contribution is 2.39. The zero-order valence-electron chi connectivity index (χ0n) is 17.9. The minimum absolute atomic E-state index is 0.574. The van der Waals surface area contributed by atoms with Crippen molar-refractivity contribution in [3.63, 3.8) is 0 Å². The molecule has 7 heteroatoms. The fourth-order valence-corrected chi connectivity index (χ4v) is 2.98. The number of hydrogen-bond acceptors (Lipinski definition) is 5. The van der Waals surface area contributed by atoms with E-state index in [4.69, 9.17) is 18.9 Å². The summed E-state index contributed by atoms with van der Waals surface area (Å²) in [7, 11) is 8.61. The van der Waals surface area contributed by atoms with Crippen LogP contribution in [0.4, 0.5) is 0 Å². The summed E-state index contributed by atoms with van der Waals surface area (Å²) in [5.41, 5.74) is 1.03. The lowest BCUT2D eigenvalue weighted by molar-refractivity contribution is 0.281. The van der Waals surface area contributed by atoms with Gasteiger partial charge >= 0.3 is 0 Å². The number of likely N-dealkylation sites (N-methyl/N-ethyl adjacent to an activating group) is 1. The Morgan fingerprint density at radius 2 is 1.69 bits per heavy atom. The van der Waals surface area contributed by atoms with Gasteiger partial charge in [0.05, 0.1) is 27.9 Å². The van der Waals surface area contributed by atoms with Crippen LogP contribution in [0.3, 0.4) is 0 Å². The Balaban J connectivity index is 1.87. The van der Waals surface area contributed by atoms with E-state index in [1.807, 2.05) is 54.4 Å². The Hall–Kier alpha value is -3.09. The van der Waals surface area contributed by atoms with E-state index in [9.17, 15) is 0 Å². The molecule has 0 saturated heterocycles. The fraction of sp³-hybridized carbons (Fsp3) is 0.409. The Kier molecular flexibility index (Phi) is 8.95. The van der Waals surface area contributed by atoms with Gasteiger partial charge in [0, 0.05) is 26.2 Å². The van der Waals surface area contributed by atoms with E-state index < -0.39 is 0 Å². The number of para-hydroxylation sites is 1. The molecule has 0 bridgehead atoms. The second kappa shape index (κ2) is 11.7. The number of guanidine groups is 1. The van der Waals surface area contributed by atoms with Crippen LogP contribution in [0.5, 0.6) is 23.0 Å². The molecule has 0 heterocycles. The maximum Gasteiger partial charge on any atom is 0.203 e. The molecule has 0 aliphatic heterocycles. The summed E-state index contributed by atoms with van der Waals surface area (Å²) in [5.74, 6) is 3.61. The number of rotatable bonds is 10. The van der Waals surface area contributed by atoms with Gasteiger partial charge in [-0.3, -0.25) is 4.99 Å². The number of aliphatic imine (C=N–C) groups is 1. The van der Waals surface area contributed by atoms with Gasteiger partial charge < -0.3 is 29.2 Å². The molecule has 0 aliphatic carbocycles. The summed E-state index contributed by atoms with van der Waals surface area (Å²) in [6.45, 7) is 1.99. The van der Waals surface area contributed by atoms with Gasteiger partial charge in [-0.25, -0.2) is 0 Å². The van der Waals surface area contributed by atoms with Crippen LogP contribution in [-0.4, -0.2) is 66.0 Å². The van der Waals surface area contributed by atoms with E-state index in [0.29, 0.717) is 36.9 Å². The van der Waals surface area contributed by atoms with Crippen LogP contribution in [-0.2, 0) is 6.42 Å². The first-order valence-corrected chi connectivity index (χ1v) is 9.52. The number of hydrogen-bond donors (Lipinski definition) is 1. The molecule has 0 saturated carbocycles. The minimum atomic E-state index is 0.574. The normalized spacial score (nSPS) is 11.0. The second-order valence-electron chi connectivity index (χ2n) is 6.30. The third-order valence-corrected chi connectivity index (χ3v) is 4.48. The lowest BCUT2D eigenvalue weighted by Gasteiger charge is -2.22. The van der Waals surface area contributed by atoms with Gasteiger partial charge in [0.25, 0.3) is 0 Å². The summed E-state index contributed by atoms with van der Waals surface area (Å²) in [4.78, 5) is 6.38. The molecule has 0 amide bonds. The average Bonchev–Trinajstić information content (AvgIpc) is 2.76. The van der Waals surface area contributed by atoms with Gasteiger partial charge in [0.2, 0.25) is 5.75 Å². The molecule has 0 atom stereocenters. The molecule has 158 valence electrons. The quantitative estimate of drug-likeness (QED) is 0.488. The summed E-state index contributed by atoms with van der Waals surface area (Å²) in [6.07, 6.45) is 0.747. The fourth-order valence-electron chi connectivity index (χ4n) is 2.98. The van der Waals surface area contributed by atoms with Crippen LogP contribution in [0.25, 0.3) is 0 Å². The molecular formula is C22H31N3O4. The Bertz CT molecular complexity index is 781. The molecule has 0 spiro atoms. The van der Waals surface area contributed by atoms with Gasteiger partial charge in [0.15, 0.2) is 17.5 Å². The lowest BCUT2D eigenvalue weighted by atomic mass is 10.1. The lowest BCUT2D eigenvalue weighted by Crippen LogP contribution is -2.41. The largest absolute Gasteiger partial charge is 0.493 e. The molecule has 7 nitrogen and oxygen atoms in total. The van der Waals surface area contributed by atoms with Gasteiger partial charge in [-0.1, -0.05) is 24.3 Å². The van der Waals surface area contributed by atoms with Gasteiger partial charge in [-0.2, -0.15) is 0 Å². The van der Waals surface area contributed by atoms with Gasteiger partial charge in [-0.15, -0.1) is 0 Å². The first-order chi connectivity index (χ1) is 14.1. The van der Waals surface area contributed by atoms with E-state index in [-0.39, 0.29) is 0 Å². The van der Waals surface area contributed by atoms with Crippen molar-refractivity contribution >= 4 is 5.96 Å². The Labute approximate surface area is 173 Å². The molecule has 0 radical (unpaired) electrons. The smallest absolute Gasteiger partial charge is 0.203 e. The summed E-state index contributed by atoms with van der Waals surface area (Å²) < 4.78 is 22.1. The third kappa shape index (κ3) is 6.20. The van der Waals surface area contributed by atoms with E-state index >= 15 is 0 Å². The standard InChI is InChI=1S/C22H31N3O4/c1-23-22(25(2)15-16-29-18-9-7-6-8-10-18)24-14-13-17-11-12-19(26-3)21(28-5)20(17)27-4/h6-12H,13-16H2,1-5H3,(H,23,24). The van der Waals surface area contributed by atoms with Crippen LogP contribution >= 0.6 is 0 Å². The van der Waals surface area contributed by atoms with Crippen molar-refractivity contribution in [1.82, 2.24) is 10.2 Å². The molecular weight excluding hydrogens is 370 g/mol. The highest BCUT2D eigenvalue weighted by molar-refractivity contribution is 5.79. The summed E-state index contributed by atoms with van der Waals surface area (Å²) in [5, 5.41) is 3.38. The zero-order valence-corrected chi connectivity index (χ0v) is 17.9. The van der Waals surface area contributed by atoms with Crippen molar-refractivity contribution in [2.24, 2.45) is 4.99 Å². The third-order valence-electron chi connectivity index (χ3n) is 4.48. The van der Waals surface area contributed by atoms with Crippen LogP contribution in [0.2, 0.25) is 0 Å². The predicted molar refractivity (Wildman–Crippen MR) is 116 cm³/mol. The van der Waals surface area contributed by atoms with Crippen molar-refractivity contribution in [2.75, 3.05) is 55.1 Å². The number of benzene rings is 2. The van der Waals surface area contributed by atoms with E-state index in [1.54, 1.807) is 28.4 Å². The number of methoxy groups -OCH3 is 3. The molecule has 0 aliphatic rings. The first kappa shape index (κ1) is 22.2. The van der Waals surface area contributed by atoms with E-state index in [2.05, 4.69) is 10.3 Å². The molecule has 2 aromatic carbocycles. The number of nitrogens with zero attached hydrogens (tertiary/aromatic N) is 2. The highest BCUT2D eigenvalue weighted by Gasteiger charge is 2.15. The van der Waals surface area contributed by atoms with E-state index in [0.717, 1.165) is 23.7 Å². The van der Waals surface area contributed by atoms with Crippen molar-refractivity contribution < 1.29 is 18.9 Å². The molecule has 0 fully saturated rings. The molecule has 29 heavy (non-hydrogen) atoms. The zero-order chi connectivity index (χ0) is 21.1. The van der Waals surface area contributed by atoms with Crippen molar-refractivity contribution in [1.29, 1.82) is 0 Å². The summed E-state index contributed by atoms with van der Waals surface area (Å²) in [6, 6.07) is 13.7. The van der Waals surface area contributed by atoms with Crippen molar-refractivity contribution in [3.8, 4) is 23.0 Å². The molecule has 0 aromatic heterocycles. The maximum atomic E-state index is 5.76. The van der Waals surface area contributed by atoms with Crippen LogP contribution in [0.15, 0.2) is 47.5 Å². The topological polar surface area (TPSA) is 64.6 Å². The van der Waals surface area contributed by atoms with Crippen LogP contribution in [0.1, 0.15) is 5.56 Å². The minimum Gasteiger partial charge on any atom is -0.493 e. The van der Waals surface area contributed by atoms with Gasteiger partial charge in [-0.05, 0) is 24.6 Å². The SMILES string of the molecule is CN=C(NCCc1ccc(OC)c(OC)c1OC)N(C)CCOc1ccccc1. The number of ether oxygens (including phenoxy) is 4. The second-order valence-corrected chi connectivity index (χ2v) is 6.30. The molecule has 0 unspecified atom stereocenters. The average molecular weight is 402 g/mol. The Morgan fingerprint density at radius 3 is 2.31 bits per heavy atom. The van der Waals surface area contributed by atoms with Gasteiger partial charge in [0.1, 0.15) is 12.4 Å². The highest BCUT2D eigenvalue weighted by atomic mass is 16.5. The number of nitrogens with one attached hydrogen (secondary N) is 1. The molecule has 1 N–H and O–H groups in total. The first-order valence-electron chi connectivity index (χ1n) is 9.52. The van der Waals surface area contributed by atoms with Crippen LogP contribution < -0.4 is 24.3 Å². The predicted octanol–water partition coefficient (Wildman–Crippen LogP) is 2.84. The molecule has 2 rings (SSSR count). The van der Waals surface area contributed by atoms with E-state index in [1.165, 1.54) is 0 Å². The summed E-state index contributed by atoms with van der Waals surface area (Å²) >= 11 is 0. The van der Waals surface area contributed by atoms with Crippen molar-refractivity contribution in [3.05, 3.63) is 48.0 Å². The van der Waals surface area contributed by atoms with Crippen molar-refractivity contribution in [2.45, 2.75) is 6.42 Å².